The van der Waals surface area contributed by atoms with Gasteiger partial charge in [0.25, 0.3) is 5.56 Å². The molecular weight excluding hydrogens is 294 g/mol. The fraction of sp³-hybridized carbons (Fsp3) is 0.154. The van der Waals surface area contributed by atoms with Crippen molar-refractivity contribution in [2.45, 2.75) is 13.5 Å². The van der Waals surface area contributed by atoms with Crippen LogP contribution >= 0.6 is 22.7 Å². The van der Waals surface area contributed by atoms with Crippen molar-refractivity contribution in [1.82, 2.24) is 9.55 Å². The Morgan fingerprint density at radius 3 is 2.90 bits per heavy atom. The van der Waals surface area contributed by atoms with Gasteiger partial charge in [-0.2, -0.15) is 0 Å². The number of primary amides is 1. The molecule has 7 heteroatoms. The number of amides is 1. The van der Waals surface area contributed by atoms with Crippen LogP contribution in [0.15, 0.2) is 28.6 Å². The maximum Gasteiger partial charge on any atom is 0.263 e. The van der Waals surface area contributed by atoms with Gasteiger partial charge in [-0.3, -0.25) is 14.2 Å². The van der Waals surface area contributed by atoms with E-state index in [4.69, 9.17) is 5.73 Å². The average molecular weight is 305 g/mol. The van der Waals surface area contributed by atoms with Crippen molar-refractivity contribution in [2.24, 2.45) is 5.73 Å². The molecule has 0 fully saturated rings. The first kappa shape index (κ1) is 13.0. The van der Waals surface area contributed by atoms with Gasteiger partial charge in [0.05, 0.1) is 11.7 Å². The number of hydrogen-bond acceptors (Lipinski definition) is 5. The predicted molar refractivity (Wildman–Crippen MR) is 81.1 cm³/mol. The lowest BCUT2D eigenvalue weighted by atomic mass is 10.2. The maximum absolute atomic E-state index is 12.5. The summed E-state index contributed by atoms with van der Waals surface area (Å²) in [4.78, 5) is 30.6. The molecule has 0 aliphatic heterocycles. The molecule has 102 valence electrons. The van der Waals surface area contributed by atoms with E-state index in [1.54, 1.807) is 11.3 Å². The molecule has 0 bridgehead atoms. The van der Waals surface area contributed by atoms with Crippen LogP contribution in [0.5, 0.6) is 0 Å². The molecule has 0 unspecified atom stereocenters. The number of carbonyl (C=O) groups is 1. The van der Waals surface area contributed by atoms with Crippen LogP contribution in [0.3, 0.4) is 0 Å². The van der Waals surface area contributed by atoms with E-state index in [9.17, 15) is 9.59 Å². The van der Waals surface area contributed by atoms with Crippen molar-refractivity contribution in [1.29, 1.82) is 0 Å². The standard InChI is InChI=1S/C13H11N3O2S2/c1-7-2-3-9(20-7)8-5-19-12-11(8)13(18)16(6-15-12)4-10(14)17/h2-3,5-6H,4H2,1H3,(H2,14,17). The highest BCUT2D eigenvalue weighted by molar-refractivity contribution is 7.19. The van der Waals surface area contributed by atoms with Gasteiger partial charge < -0.3 is 5.73 Å². The third-order valence-electron chi connectivity index (χ3n) is 2.89. The summed E-state index contributed by atoms with van der Waals surface area (Å²) >= 11 is 3.05. The first-order valence-electron chi connectivity index (χ1n) is 5.88. The number of nitrogens with two attached hydrogens (primary N) is 1. The monoisotopic (exact) mass is 305 g/mol. The summed E-state index contributed by atoms with van der Waals surface area (Å²) in [6.07, 6.45) is 1.37. The molecule has 0 aliphatic rings. The van der Waals surface area contributed by atoms with E-state index in [1.165, 1.54) is 27.1 Å². The molecule has 0 radical (unpaired) electrons. The number of aryl methyl sites for hydroxylation is 1. The van der Waals surface area contributed by atoms with Crippen LogP contribution in [-0.2, 0) is 11.3 Å². The Hall–Kier alpha value is -1.99. The molecular formula is C13H11N3O2S2. The van der Waals surface area contributed by atoms with Crippen LogP contribution < -0.4 is 11.3 Å². The second kappa shape index (κ2) is 4.84. The normalized spacial score (nSPS) is 11.1. The highest BCUT2D eigenvalue weighted by Gasteiger charge is 2.14. The maximum atomic E-state index is 12.5. The van der Waals surface area contributed by atoms with Crippen molar-refractivity contribution in [3.63, 3.8) is 0 Å². The second-order valence-electron chi connectivity index (χ2n) is 4.38. The number of aromatic nitrogens is 2. The van der Waals surface area contributed by atoms with Crippen LogP contribution in [0, 0.1) is 6.92 Å². The van der Waals surface area contributed by atoms with Gasteiger partial charge in [-0.05, 0) is 19.1 Å². The van der Waals surface area contributed by atoms with Crippen LogP contribution in [-0.4, -0.2) is 15.5 Å². The first-order valence-corrected chi connectivity index (χ1v) is 7.57. The quantitative estimate of drug-likeness (QED) is 0.803. The van der Waals surface area contributed by atoms with Gasteiger partial charge in [0.1, 0.15) is 11.4 Å². The average Bonchev–Trinajstić information content (AvgIpc) is 2.98. The van der Waals surface area contributed by atoms with Crippen molar-refractivity contribution in [3.8, 4) is 10.4 Å². The van der Waals surface area contributed by atoms with Crippen LogP contribution in [0.1, 0.15) is 4.88 Å². The Bertz CT molecular complexity index is 860. The fourth-order valence-corrected chi connectivity index (χ4v) is 3.87. The fourth-order valence-electron chi connectivity index (χ4n) is 2.01. The summed E-state index contributed by atoms with van der Waals surface area (Å²) in [5, 5.41) is 2.49. The molecule has 1 amide bonds. The van der Waals surface area contributed by atoms with E-state index in [0.29, 0.717) is 10.2 Å². The van der Waals surface area contributed by atoms with E-state index in [2.05, 4.69) is 4.98 Å². The number of rotatable bonds is 3. The molecule has 5 nitrogen and oxygen atoms in total. The molecule has 0 spiro atoms. The van der Waals surface area contributed by atoms with Crippen LogP contribution in [0.25, 0.3) is 20.7 Å². The minimum Gasteiger partial charge on any atom is -0.368 e. The molecule has 3 heterocycles. The summed E-state index contributed by atoms with van der Waals surface area (Å²) in [5.41, 5.74) is 5.79. The Balaban J connectivity index is 2.24. The van der Waals surface area contributed by atoms with E-state index in [1.807, 2.05) is 24.4 Å². The van der Waals surface area contributed by atoms with Crippen molar-refractivity contribution < 1.29 is 4.79 Å². The topological polar surface area (TPSA) is 78.0 Å². The highest BCUT2D eigenvalue weighted by atomic mass is 32.1. The third kappa shape index (κ3) is 2.14. The smallest absolute Gasteiger partial charge is 0.263 e. The summed E-state index contributed by atoms with van der Waals surface area (Å²) in [5.74, 6) is -0.558. The zero-order valence-corrected chi connectivity index (χ0v) is 12.3. The molecule has 3 aromatic rings. The number of carbonyl (C=O) groups excluding carboxylic acids is 1. The van der Waals surface area contributed by atoms with Gasteiger partial charge in [-0.15, -0.1) is 22.7 Å². The SMILES string of the molecule is Cc1ccc(-c2csc3ncn(CC(N)=O)c(=O)c23)s1. The number of hydrogen-bond donors (Lipinski definition) is 1. The minimum absolute atomic E-state index is 0.152. The van der Waals surface area contributed by atoms with Crippen molar-refractivity contribution in [3.05, 3.63) is 39.1 Å². The van der Waals surface area contributed by atoms with E-state index < -0.39 is 5.91 Å². The number of nitrogens with zero attached hydrogens (tertiary/aromatic N) is 2. The molecule has 0 aromatic carbocycles. The lowest BCUT2D eigenvalue weighted by molar-refractivity contribution is -0.118. The van der Waals surface area contributed by atoms with E-state index in [-0.39, 0.29) is 12.1 Å². The summed E-state index contributed by atoms with van der Waals surface area (Å²) in [6.45, 7) is 1.87. The van der Waals surface area contributed by atoms with Crippen LogP contribution in [0.4, 0.5) is 0 Å². The Morgan fingerprint density at radius 1 is 1.45 bits per heavy atom. The Kier molecular flexibility index (Phi) is 3.15. The van der Waals surface area contributed by atoms with Gasteiger partial charge in [0.2, 0.25) is 5.91 Å². The molecule has 0 aliphatic carbocycles. The minimum atomic E-state index is -0.558. The van der Waals surface area contributed by atoms with Crippen molar-refractivity contribution in [2.75, 3.05) is 0 Å². The van der Waals surface area contributed by atoms with Gasteiger partial charge in [0, 0.05) is 20.7 Å². The molecule has 0 saturated carbocycles. The van der Waals surface area contributed by atoms with E-state index in [0.717, 1.165) is 10.4 Å². The van der Waals surface area contributed by atoms with Gasteiger partial charge in [-0.25, -0.2) is 4.98 Å². The molecule has 3 aromatic heterocycles. The van der Waals surface area contributed by atoms with Crippen molar-refractivity contribution >= 4 is 38.8 Å². The summed E-state index contributed by atoms with van der Waals surface area (Å²) in [7, 11) is 0. The number of thiophene rings is 2. The third-order valence-corrected chi connectivity index (χ3v) is 4.81. The highest BCUT2D eigenvalue weighted by Crippen LogP contribution is 2.34. The lowest BCUT2D eigenvalue weighted by Crippen LogP contribution is -2.28. The van der Waals surface area contributed by atoms with Gasteiger partial charge in [0.15, 0.2) is 0 Å². The molecule has 0 atom stereocenters. The summed E-state index contributed by atoms with van der Waals surface area (Å²) < 4.78 is 1.25. The second-order valence-corrected chi connectivity index (χ2v) is 6.53. The molecule has 2 N–H and O–H groups in total. The predicted octanol–water partition coefficient (Wildman–Crippen LogP) is 1.98. The van der Waals surface area contributed by atoms with E-state index >= 15 is 0 Å². The van der Waals surface area contributed by atoms with Gasteiger partial charge in [-0.1, -0.05) is 0 Å². The number of fused-ring (bicyclic) bond motifs is 1. The molecule has 3 rings (SSSR count). The molecule has 20 heavy (non-hydrogen) atoms. The van der Waals surface area contributed by atoms with Gasteiger partial charge >= 0.3 is 0 Å². The van der Waals surface area contributed by atoms with Crippen LogP contribution in [0.2, 0.25) is 0 Å². The largest absolute Gasteiger partial charge is 0.368 e. The molecule has 0 saturated heterocycles. The zero-order valence-electron chi connectivity index (χ0n) is 10.6. The Labute approximate surface area is 122 Å². The summed E-state index contributed by atoms with van der Waals surface area (Å²) in [6, 6.07) is 4.01. The zero-order chi connectivity index (χ0) is 14.3. The first-order chi connectivity index (χ1) is 9.56. The Morgan fingerprint density at radius 2 is 2.25 bits per heavy atom. The lowest BCUT2D eigenvalue weighted by Gasteiger charge is -2.02.